The Kier molecular flexibility index (Phi) is 7.52. The van der Waals surface area contributed by atoms with Gasteiger partial charge >= 0.3 is 11.9 Å². The molecular formula is C30H26N2O7S. The third kappa shape index (κ3) is 5.01. The summed E-state index contributed by atoms with van der Waals surface area (Å²) >= 11 is 1.17. The van der Waals surface area contributed by atoms with Crippen molar-refractivity contribution < 1.29 is 28.6 Å². The van der Waals surface area contributed by atoms with E-state index >= 15 is 0 Å². The summed E-state index contributed by atoms with van der Waals surface area (Å²) in [5, 5.41) is 9.53. The highest BCUT2D eigenvalue weighted by Crippen LogP contribution is 2.32. The topological polar surface area (TPSA) is 120 Å². The van der Waals surface area contributed by atoms with Crippen LogP contribution in [-0.2, 0) is 9.53 Å². The van der Waals surface area contributed by atoms with Gasteiger partial charge in [0.2, 0.25) is 0 Å². The number of hydrogen-bond acceptors (Lipinski definition) is 8. The molecule has 0 aliphatic carbocycles. The maximum absolute atomic E-state index is 13.8. The van der Waals surface area contributed by atoms with E-state index in [-0.39, 0.29) is 23.3 Å². The fourth-order valence-electron chi connectivity index (χ4n) is 4.61. The first-order chi connectivity index (χ1) is 19.3. The molecule has 0 amide bonds. The van der Waals surface area contributed by atoms with Gasteiger partial charge in [-0.05, 0) is 56.7 Å². The van der Waals surface area contributed by atoms with E-state index in [0.29, 0.717) is 50.0 Å². The van der Waals surface area contributed by atoms with E-state index in [2.05, 4.69) is 4.99 Å². The normalized spacial score (nSPS) is 15.0. The van der Waals surface area contributed by atoms with Gasteiger partial charge in [-0.25, -0.2) is 14.6 Å². The second-order valence-corrected chi connectivity index (χ2v) is 9.87. The lowest BCUT2D eigenvalue weighted by molar-refractivity contribution is -0.139. The van der Waals surface area contributed by atoms with Crippen molar-refractivity contribution in [3.8, 4) is 17.1 Å². The summed E-state index contributed by atoms with van der Waals surface area (Å²) in [6.07, 6.45) is 1.59. The highest BCUT2D eigenvalue weighted by molar-refractivity contribution is 7.07. The zero-order valence-electron chi connectivity index (χ0n) is 22.0. The van der Waals surface area contributed by atoms with E-state index in [1.54, 1.807) is 62.4 Å². The summed E-state index contributed by atoms with van der Waals surface area (Å²) in [6.45, 7) is 6.04. The van der Waals surface area contributed by atoms with Crippen LogP contribution in [0.3, 0.4) is 0 Å². The lowest BCUT2D eigenvalue weighted by atomic mass is 9.96. The molecule has 1 N–H and O–H groups in total. The van der Waals surface area contributed by atoms with Crippen LogP contribution in [-0.4, -0.2) is 34.8 Å². The first-order valence-corrected chi connectivity index (χ1v) is 13.5. The van der Waals surface area contributed by atoms with Gasteiger partial charge in [-0.15, -0.1) is 0 Å². The van der Waals surface area contributed by atoms with Crippen molar-refractivity contribution in [2.45, 2.75) is 26.8 Å². The van der Waals surface area contributed by atoms with E-state index in [1.165, 1.54) is 22.0 Å². The van der Waals surface area contributed by atoms with Crippen LogP contribution < -0.4 is 19.6 Å². The number of ether oxygens (including phenoxy) is 2. The highest BCUT2D eigenvalue weighted by atomic mass is 32.1. The van der Waals surface area contributed by atoms with Crippen LogP contribution >= 0.6 is 11.3 Å². The SMILES string of the molecule is CCOC(=O)C1=C(C)N=c2s/c(=C\c3ccc(-c4ccccc4C(=O)O)o3)c(=O)n2C1c1ccc(OCC)cc1. The number of carboxylic acid groups (broad SMARTS) is 1. The quantitative estimate of drug-likeness (QED) is 0.323. The van der Waals surface area contributed by atoms with Gasteiger partial charge in [-0.1, -0.05) is 41.7 Å². The summed E-state index contributed by atoms with van der Waals surface area (Å²) in [4.78, 5) is 43.5. The number of fused-ring (bicyclic) bond motifs is 1. The minimum Gasteiger partial charge on any atom is -0.494 e. The Hall–Kier alpha value is -4.70. The second kappa shape index (κ2) is 11.2. The van der Waals surface area contributed by atoms with Gasteiger partial charge in [0.15, 0.2) is 4.80 Å². The Morgan fingerprint density at radius 1 is 1.07 bits per heavy atom. The first kappa shape index (κ1) is 26.9. The number of hydrogen-bond donors (Lipinski definition) is 1. The van der Waals surface area contributed by atoms with Crippen LogP contribution in [0.4, 0.5) is 0 Å². The van der Waals surface area contributed by atoms with Crippen molar-refractivity contribution in [2.24, 2.45) is 4.99 Å². The predicted molar refractivity (Wildman–Crippen MR) is 149 cm³/mol. The van der Waals surface area contributed by atoms with Crippen LogP contribution in [0.5, 0.6) is 5.75 Å². The maximum Gasteiger partial charge on any atom is 0.338 e. The van der Waals surface area contributed by atoms with E-state index in [0.717, 1.165) is 0 Å². The molecule has 0 saturated heterocycles. The molecule has 0 bridgehead atoms. The van der Waals surface area contributed by atoms with Gasteiger partial charge in [0.25, 0.3) is 5.56 Å². The molecule has 0 fully saturated rings. The zero-order chi connectivity index (χ0) is 28.4. The van der Waals surface area contributed by atoms with Crippen LogP contribution in [0.2, 0.25) is 0 Å². The number of aromatic carboxylic acids is 1. The summed E-state index contributed by atoms with van der Waals surface area (Å²) in [6, 6.07) is 16.4. The van der Waals surface area contributed by atoms with Crippen molar-refractivity contribution in [1.29, 1.82) is 0 Å². The number of aromatic nitrogens is 1. The smallest absolute Gasteiger partial charge is 0.338 e. The molecular weight excluding hydrogens is 532 g/mol. The van der Waals surface area contributed by atoms with E-state index < -0.39 is 18.0 Å². The molecule has 1 unspecified atom stereocenters. The van der Waals surface area contributed by atoms with E-state index in [1.807, 2.05) is 19.1 Å². The average Bonchev–Trinajstić information content (AvgIpc) is 3.53. The minimum absolute atomic E-state index is 0.111. The molecule has 1 atom stereocenters. The molecule has 9 nitrogen and oxygen atoms in total. The Morgan fingerprint density at radius 2 is 1.82 bits per heavy atom. The molecule has 5 rings (SSSR count). The fraction of sp³-hybridized carbons (Fsp3) is 0.200. The molecule has 0 radical (unpaired) electrons. The largest absolute Gasteiger partial charge is 0.494 e. The van der Waals surface area contributed by atoms with Gasteiger partial charge in [-0.2, -0.15) is 0 Å². The van der Waals surface area contributed by atoms with Crippen LogP contribution in [0, 0.1) is 0 Å². The third-order valence-electron chi connectivity index (χ3n) is 6.35. The molecule has 4 aromatic rings. The Labute approximate surface area is 232 Å². The van der Waals surface area contributed by atoms with Gasteiger partial charge < -0.3 is 19.0 Å². The standard InChI is InChI=1S/C30H26N2O7S/c1-4-37-19-12-10-18(11-13-19)26-25(29(36)38-5-2)17(3)31-30-32(26)27(33)24(40-30)16-20-14-15-23(39-20)21-8-6-7-9-22(21)28(34)35/h6-16,26H,4-5H2,1-3H3,(H,34,35)/b24-16-. The monoisotopic (exact) mass is 558 g/mol. The van der Waals surface area contributed by atoms with Gasteiger partial charge in [-0.3, -0.25) is 9.36 Å². The van der Waals surface area contributed by atoms with Crippen molar-refractivity contribution in [1.82, 2.24) is 4.57 Å². The number of carbonyl (C=O) groups is 2. The molecule has 10 heteroatoms. The molecule has 3 heterocycles. The number of allylic oxidation sites excluding steroid dienone is 1. The van der Waals surface area contributed by atoms with Crippen molar-refractivity contribution >= 4 is 29.4 Å². The van der Waals surface area contributed by atoms with Crippen molar-refractivity contribution in [2.75, 3.05) is 13.2 Å². The lowest BCUT2D eigenvalue weighted by Gasteiger charge is -2.24. The first-order valence-electron chi connectivity index (χ1n) is 12.7. The molecule has 0 spiro atoms. The van der Waals surface area contributed by atoms with Crippen LogP contribution in [0.1, 0.15) is 48.5 Å². The van der Waals surface area contributed by atoms with E-state index in [4.69, 9.17) is 13.9 Å². The number of thiazole rings is 1. The van der Waals surface area contributed by atoms with E-state index in [9.17, 15) is 19.5 Å². The fourth-order valence-corrected chi connectivity index (χ4v) is 5.64. The number of carboxylic acids is 1. The summed E-state index contributed by atoms with van der Waals surface area (Å²) in [5.74, 6) is -0.187. The van der Waals surface area contributed by atoms with Crippen LogP contribution in [0.25, 0.3) is 17.4 Å². The van der Waals surface area contributed by atoms with Gasteiger partial charge in [0.1, 0.15) is 17.3 Å². The minimum atomic E-state index is -1.07. The average molecular weight is 559 g/mol. The van der Waals surface area contributed by atoms with Gasteiger partial charge in [0.05, 0.1) is 40.6 Å². The molecule has 1 aliphatic rings. The number of benzene rings is 2. The Morgan fingerprint density at radius 3 is 2.52 bits per heavy atom. The highest BCUT2D eigenvalue weighted by Gasteiger charge is 2.33. The van der Waals surface area contributed by atoms with Crippen molar-refractivity contribution in [3.05, 3.63) is 109 Å². The Balaban J connectivity index is 1.62. The lowest BCUT2D eigenvalue weighted by Crippen LogP contribution is -2.39. The van der Waals surface area contributed by atoms with Crippen molar-refractivity contribution in [3.63, 3.8) is 0 Å². The third-order valence-corrected chi connectivity index (χ3v) is 7.33. The Bertz CT molecular complexity index is 1810. The summed E-state index contributed by atoms with van der Waals surface area (Å²) < 4.78 is 18.7. The molecule has 0 saturated carbocycles. The summed E-state index contributed by atoms with van der Waals surface area (Å²) in [5.41, 5.74) is 1.66. The maximum atomic E-state index is 13.8. The molecule has 2 aromatic carbocycles. The number of furan rings is 1. The molecule has 40 heavy (non-hydrogen) atoms. The second-order valence-electron chi connectivity index (χ2n) is 8.86. The molecule has 1 aliphatic heterocycles. The number of esters is 1. The zero-order valence-corrected chi connectivity index (χ0v) is 22.9. The number of rotatable bonds is 8. The van der Waals surface area contributed by atoms with Crippen LogP contribution in [0.15, 0.2) is 86.1 Å². The molecule has 2 aromatic heterocycles. The predicted octanol–water partition coefficient (Wildman–Crippen LogP) is 4.16. The summed E-state index contributed by atoms with van der Waals surface area (Å²) in [7, 11) is 0. The number of carbonyl (C=O) groups excluding carboxylic acids is 1. The number of nitrogens with zero attached hydrogens (tertiary/aromatic N) is 2. The molecule has 204 valence electrons. The van der Waals surface area contributed by atoms with Gasteiger partial charge in [0, 0.05) is 11.6 Å².